The van der Waals surface area contributed by atoms with Crippen LogP contribution in [-0.2, 0) is 25.7 Å². The molecular formula is C28H25Cl2F3N2O5S. The fraction of sp³-hybridized carbons (Fsp3) is 0.321. The number of hydrogen-bond acceptors (Lipinski definition) is 6. The zero-order chi connectivity index (χ0) is 29.5. The molecule has 0 spiro atoms. The molecule has 5 rings (SSSR count). The lowest BCUT2D eigenvalue weighted by Gasteiger charge is -2.43. The maximum absolute atomic E-state index is 13.8. The molecule has 7 nitrogen and oxygen atoms in total. The number of benzene rings is 3. The van der Waals surface area contributed by atoms with Crippen LogP contribution >= 0.6 is 23.2 Å². The van der Waals surface area contributed by atoms with Crippen LogP contribution in [0.5, 0.6) is 5.75 Å². The van der Waals surface area contributed by atoms with Crippen molar-refractivity contribution in [2.24, 2.45) is 0 Å². The minimum Gasteiger partial charge on any atom is -0.486 e. The van der Waals surface area contributed by atoms with Crippen LogP contribution in [0.4, 0.5) is 24.5 Å². The second kappa shape index (κ2) is 11.3. The number of halogens is 5. The summed E-state index contributed by atoms with van der Waals surface area (Å²) in [7, 11) is -3.21. The first kappa shape index (κ1) is 29.3. The molecule has 41 heavy (non-hydrogen) atoms. The van der Waals surface area contributed by atoms with Crippen molar-refractivity contribution in [1.29, 1.82) is 0 Å². The normalized spacial score (nSPS) is 17.5. The second-order valence-corrected chi connectivity index (χ2v) is 12.5. The lowest BCUT2D eigenvalue weighted by atomic mass is 9.90. The molecule has 0 aromatic heterocycles. The molecule has 13 heteroatoms. The molecule has 0 amide bonds. The number of carbonyl (C=O) groups excluding carboxylic acids is 1. The molecule has 0 bridgehead atoms. The van der Waals surface area contributed by atoms with Gasteiger partial charge in [-0.25, -0.2) is 8.42 Å². The number of fused-ring (bicyclic) bond motifs is 1. The van der Waals surface area contributed by atoms with Crippen LogP contribution in [-0.4, -0.2) is 47.2 Å². The Labute approximate surface area is 245 Å². The van der Waals surface area contributed by atoms with Gasteiger partial charge in [-0.3, -0.25) is 9.10 Å². The van der Waals surface area contributed by atoms with Crippen molar-refractivity contribution >= 4 is 50.6 Å². The first-order valence-electron chi connectivity index (χ1n) is 12.6. The summed E-state index contributed by atoms with van der Waals surface area (Å²) < 4.78 is 79.6. The first-order chi connectivity index (χ1) is 19.4. The molecule has 2 heterocycles. The van der Waals surface area contributed by atoms with Crippen LogP contribution in [0.1, 0.15) is 29.9 Å². The van der Waals surface area contributed by atoms with Gasteiger partial charge in [0.05, 0.1) is 29.8 Å². The average Bonchev–Trinajstić information content (AvgIpc) is 2.91. The molecule has 3 aromatic carbocycles. The van der Waals surface area contributed by atoms with Crippen LogP contribution in [0, 0.1) is 0 Å². The van der Waals surface area contributed by atoms with Crippen molar-refractivity contribution in [1.82, 2.24) is 0 Å². The fourth-order valence-corrected chi connectivity index (χ4v) is 7.24. The summed E-state index contributed by atoms with van der Waals surface area (Å²) in [5.74, 6) is -0.194. The SMILES string of the molecule is COC(=O)CC[C@H]1CN(S(=O)(=O)c2cccc(C(F)(F)F)c2)c2cc(N3CC(c4c(Cl)cccc4Cl)C3)ccc2O1. The number of rotatable bonds is 7. The molecule has 218 valence electrons. The van der Waals surface area contributed by atoms with Crippen LogP contribution in [0.15, 0.2) is 65.6 Å². The first-order valence-corrected chi connectivity index (χ1v) is 14.8. The van der Waals surface area contributed by atoms with E-state index in [1.165, 1.54) is 7.11 Å². The molecule has 2 aliphatic heterocycles. The summed E-state index contributed by atoms with van der Waals surface area (Å²) in [6.07, 6.45) is -5.33. The van der Waals surface area contributed by atoms with Gasteiger partial charge in [-0.15, -0.1) is 0 Å². The highest BCUT2D eigenvalue weighted by Crippen LogP contribution is 2.44. The molecule has 0 N–H and O–H groups in total. The molecule has 0 unspecified atom stereocenters. The van der Waals surface area contributed by atoms with Crippen molar-refractivity contribution in [3.8, 4) is 5.75 Å². The van der Waals surface area contributed by atoms with Crippen LogP contribution in [0.2, 0.25) is 10.0 Å². The summed E-state index contributed by atoms with van der Waals surface area (Å²) in [5, 5.41) is 1.13. The average molecular weight is 629 g/mol. The van der Waals surface area contributed by atoms with Gasteiger partial charge in [0.2, 0.25) is 0 Å². The van der Waals surface area contributed by atoms with Gasteiger partial charge in [0.1, 0.15) is 11.9 Å². The highest BCUT2D eigenvalue weighted by molar-refractivity contribution is 7.92. The summed E-state index contributed by atoms with van der Waals surface area (Å²) in [4.78, 5) is 13.2. The van der Waals surface area contributed by atoms with Gasteiger partial charge in [-0.2, -0.15) is 13.2 Å². The van der Waals surface area contributed by atoms with E-state index in [4.69, 9.17) is 27.9 Å². The van der Waals surface area contributed by atoms with E-state index >= 15 is 0 Å². The Morgan fingerprint density at radius 2 is 1.71 bits per heavy atom. The fourth-order valence-electron chi connectivity index (χ4n) is 4.99. The Morgan fingerprint density at radius 3 is 2.37 bits per heavy atom. The van der Waals surface area contributed by atoms with E-state index in [9.17, 15) is 26.4 Å². The summed E-state index contributed by atoms with van der Waals surface area (Å²) in [5.41, 5.74) is 0.654. The highest BCUT2D eigenvalue weighted by Gasteiger charge is 2.38. The quantitative estimate of drug-likeness (QED) is 0.277. The molecule has 3 aromatic rings. The third-order valence-electron chi connectivity index (χ3n) is 7.18. The summed E-state index contributed by atoms with van der Waals surface area (Å²) in [6.45, 7) is 0.945. The molecule has 2 aliphatic rings. The topological polar surface area (TPSA) is 76.2 Å². The van der Waals surface area contributed by atoms with E-state index in [0.717, 1.165) is 28.1 Å². The third-order valence-corrected chi connectivity index (χ3v) is 9.61. The molecule has 0 saturated carbocycles. The van der Waals surface area contributed by atoms with Crippen molar-refractivity contribution in [3.05, 3.63) is 81.8 Å². The predicted molar refractivity (Wildman–Crippen MR) is 149 cm³/mol. The minimum absolute atomic E-state index is 0.0220. The molecular weight excluding hydrogens is 604 g/mol. The number of hydrogen-bond donors (Lipinski definition) is 0. The second-order valence-electron chi connectivity index (χ2n) is 9.81. The summed E-state index contributed by atoms with van der Waals surface area (Å²) >= 11 is 12.7. The molecule has 1 atom stereocenters. The van der Waals surface area contributed by atoms with E-state index in [1.54, 1.807) is 36.4 Å². The zero-order valence-corrected chi connectivity index (χ0v) is 24.0. The van der Waals surface area contributed by atoms with E-state index in [0.29, 0.717) is 34.9 Å². The molecule has 0 aliphatic carbocycles. The number of sulfonamides is 1. The number of ether oxygens (including phenoxy) is 2. The number of anilines is 2. The van der Waals surface area contributed by atoms with Crippen molar-refractivity contribution in [2.75, 3.05) is 35.9 Å². The van der Waals surface area contributed by atoms with Crippen molar-refractivity contribution in [2.45, 2.75) is 35.9 Å². The monoisotopic (exact) mass is 628 g/mol. The zero-order valence-electron chi connectivity index (χ0n) is 21.7. The lowest BCUT2D eigenvalue weighted by molar-refractivity contribution is -0.141. The van der Waals surface area contributed by atoms with Gasteiger partial charge in [0.25, 0.3) is 10.0 Å². The van der Waals surface area contributed by atoms with Crippen molar-refractivity contribution in [3.63, 3.8) is 0 Å². The van der Waals surface area contributed by atoms with Crippen molar-refractivity contribution < 1.29 is 35.9 Å². The lowest BCUT2D eigenvalue weighted by Crippen LogP contribution is -2.46. The van der Waals surface area contributed by atoms with E-state index in [1.807, 2.05) is 4.90 Å². The Kier molecular flexibility index (Phi) is 8.06. The van der Waals surface area contributed by atoms with E-state index < -0.39 is 38.7 Å². The van der Waals surface area contributed by atoms with E-state index in [-0.39, 0.29) is 36.7 Å². The van der Waals surface area contributed by atoms with Crippen LogP contribution in [0.25, 0.3) is 0 Å². The van der Waals surface area contributed by atoms with Crippen LogP contribution in [0.3, 0.4) is 0 Å². The number of esters is 1. The number of nitrogens with zero attached hydrogens (tertiary/aromatic N) is 2. The van der Waals surface area contributed by atoms with Gasteiger partial charge in [0.15, 0.2) is 0 Å². The molecule has 1 fully saturated rings. The highest BCUT2D eigenvalue weighted by atomic mass is 35.5. The van der Waals surface area contributed by atoms with Gasteiger partial charge in [-0.05, 0) is 60.5 Å². The Balaban J connectivity index is 1.47. The smallest absolute Gasteiger partial charge is 0.416 e. The maximum Gasteiger partial charge on any atom is 0.416 e. The third kappa shape index (κ3) is 5.93. The van der Waals surface area contributed by atoms with E-state index in [2.05, 4.69) is 4.74 Å². The largest absolute Gasteiger partial charge is 0.486 e. The van der Waals surface area contributed by atoms with Gasteiger partial charge < -0.3 is 14.4 Å². The van der Waals surface area contributed by atoms with Gasteiger partial charge in [-0.1, -0.05) is 35.3 Å². The Hall–Kier alpha value is -3.15. The molecule has 0 radical (unpaired) electrons. The number of carbonyl (C=O) groups is 1. The minimum atomic E-state index is -4.72. The number of methoxy groups -OCH3 is 1. The number of alkyl halides is 3. The standard InChI is InChI=1S/C28H25Cl2F3N2O5S/c1-39-26(36)11-9-20-16-35(41(37,38)21-5-2-4-18(12-21)28(31,32)33)24-13-19(8-10-25(24)40-20)34-14-17(15-34)27-22(29)6-3-7-23(27)30/h2-8,10,12-13,17,20H,9,11,14-16H2,1H3/t20-/m0/s1. The van der Waals surface area contributed by atoms with Crippen LogP contribution < -0.4 is 13.9 Å². The predicted octanol–water partition coefficient (Wildman–Crippen LogP) is 6.53. The van der Waals surface area contributed by atoms with Gasteiger partial charge >= 0.3 is 12.1 Å². The molecule has 1 saturated heterocycles. The Morgan fingerprint density at radius 1 is 1.02 bits per heavy atom. The van der Waals surface area contributed by atoms with Gasteiger partial charge in [0, 0.05) is 41.2 Å². The maximum atomic E-state index is 13.8. The summed E-state index contributed by atoms with van der Waals surface area (Å²) in [6, 6.07) is 14.0. The Bertz CT molecular complexity index is 1560.